The number of halogens is 2. The van der Waals surface area contributed by atoms with Crippen molar-refractivity contribution in [3.05, 3.63) is 52.4 Å². The van der Waals surface area contributed by atoms with Gasteiger partial charge in [0.15, 0.2) is 0 Å². The molecule has 1 fully saturated rings. The molecule has 0 spiro atoms. The van der Waals surface area contributed by atoms with Crippen LogP contribution in [0.2, 0.25) is 10.4 Å². The van der Waals surface area contributed by atoms with E-state index in [0.717, 1.165) is 19.6 Å². The highest BCUT2D eigenvalue weighted by Crippen LogP contribution is 2.23. The zero-order valence-electron chi connectivity index (χ0n) is 12.3. The van der Waals surface area contributed by atoms with Gasteiger partial charge in [-0.1, -0.05) is 48.9 Å². The van der Waals surface area contributed by atoms with Gasteiger partial charge < -0.3 is 5.32 Å². The first-order chi connectivity index (χ1) is 10.6. The van der Waals surface area contributed by atoms with Crippen LogP contribution < -0.4 is 5.32 Å². The minimum absolute atomic E-state index is 0.168. The molecule has 2 heterocycles. The van der Waals surface area contributed by atoms with Crippen molar-refractivity contribution in [3.63, 3.8) is 0 Å². The zero-order valence-corrected chi connectivity index (χ0v) is 13.8. The number of rotatable bonds is 4. The molecular formula is C16H18Cl2N4. The van der Waals surface area contributed by atoms with E-state index in [1.165, 1.54) is 5.56 Å². The van der Waals surface area contributed by atoms with Crippen molar-refractivity contribution in [2.45, 2.75) is 19.5 Å². The standard InChI is InChI=1S/C16H18Cl2N4/c1-11-8-22(9-12-5-3-2-4-6-12)10-13(11)19-15-7-14(17)20-16(18)21-15/h2-7,11,13H,8-10H2,1H3,(H,19,20,21). The molecular weight excluding hydrogens is 319 g/mol. The fourth-order valence-corrected chi connectivity index (χ4v) is 3.29. The van der Waals surface area contributed by atoms with Crippen LogP contribution in [0.15, 0.2) is 36.4 Å². The number of anilines is 1. The van der Waals surface area contributed by atoms with Gasteiger partial charge in [0.05, 0.1) is 0 Å². The first-order valence-electron chi connectivity index (χ1n) is 7.33. The Morgan fingerprint density at radius 1 is 1.18 bits per heavy atom. The molecule has 1 aromatic heterocycles. The summed E-state index contributed by atoms with van der Waals surface area (Å²) in [4.78, 5) is 10.5. The maximum Gasteiger partial charge on any atom is 0.225 e. The summed E-state index contributed by atoms with van der Waals surface area (Å²) in [5, 5.41) is 3.95. The first-order valence-corrected chi connectivity index (χ1v) is 8.08. The van der Waals surface area contributed by atoms with E-state index in [0.29, 0.717) is 22.9 Å². The average molecular weight is 337 g/mol. The van der Waals surface area contributed by atoms with Crippen molar-refractivity contribution in [3.8, 4) is 0 Å². The van der Waals surface area contributed by atoms with E-state index < -0.39 is 0 Å². The highest BCUT2D eigenvalue weighted by molar-refractivity contribution is 6.32. The third-order valence-electron chi connectivity index (χ3n) is 3.94. The second kappa shape index (κ2) is 6.82. The summed E-state index contributed by atoms with van der Waals surface area (Å²) in [6.07, 6.45) is 0. The number of likely N-dealkylation sites (tertiary alicyclic amines) is 1. The van der Waals surface area contributed by atoms with E-state index in [1.807, 2.05) is 6.07 Å². The van der Waals surface area contributed by atoms with Gasteiger partial charge in [0, 0.05) is 31.7 Å². The SMILES string of the molecule is CC1CN(Cc2ccccc2)CC1Nc1cc(Cl)nc(Cl)n1. The van der Waals surface area contributed by atoms with E-state index in [4.69, 9.17) is 23.2 Å². The molecule has 22 heavy (non-hydrogen) atoms. The van der Waals surface area contributed by atoms with Crippen molar-refractivity contribution in [2.75, 3.05) is 18.4 Å². The van der Waals surface area contributed by atoms with Crippen molar-refractivity contribution in [1.82, 2.24) is 14.9 Å². The number of nitrogens with zero attached hydrogens (tertiary/aromatic N) is 3. The molecule has 0 saturated carbocycles. The summed E-state index contributed by atoms with van der Waals surface area (Å²) < 4.78 is 0. The van der Waals surface area contributed by atoms with Gasteiger partial charge in [-0.15, -0.1) is 0 Å². The van der Waals surface area contributed by atoms with E-state index in [9.17, 15) is 0 Å². The molecule has 2 unspecified atom stereocenters. The Morgan fingerprint density at radius 3 is 2.68 bits per heavy atom. The third kappa shape index (κ3) is 3.88. The van der Waals surface area contributed by atoms with Crippen LogP contribution in [-0.2, 0) is 6.54 Å². The summed E-state index contributed by atoms with van der Waals surface area (Å²) in [5.74, 6) is 1.21. The Balaban J connectivity index is 1.63. The Labute approximate surface area is 140 Å². The fraction of sp³-hybridized carbons (Fsp3) is 0.375. The lowest BCUT2D eigenvalue weighted by atomic mass is 10.1. The molecule has 2 atom stereocenters. The normalized spacial score (nSPS) is 22.0. The molecule has 1 aliphatic rings. The molecule has 0 bridgehead atoms. The lowest BCUT2D eigenvalue weighted by molar-refractivity contribution is 0.319. The Kier molecular flexibility index (Phi) is 4.81. The predicted molar refractivity (Wildman–Crippen MR) is 90.3 cm³/mol. The van der Waals surface area contributed by atoms with Gasteiger partial charge in [-0.2, -0.15) is 0 Å². The number of nitrogens with one attached hydrogen (secondary N) is 1. The minimum Gasteiger partial charge on any atom is -0.366 e. The highest BCUT2D eigenvalue weighted by atomic mass is 35.5. The second-order valence-corrected chi connectivity index (χ2v) is 6.48. The smallest absolute Gasteiger partial charge is 0.225 e. The molecule has 0 amide bonds. The Morgan fingerprint density at radius 2 is 1.95 bits per heavy atom. The highest BCUT2D eigenvalue weighted by Gasteiger charge is 2.29. The van der Waals surface area contributed by atoms with Crippen LogP contribution in [0.5, 0.6) is 0 Å². The van der Waals surface area contributed by atoms with Gasteiger partial charge in [0.1, 0.15) is 11.0 Å². The summed E-state index contributed by atoms with van der Waals surface area (Å²) in [6, 6.07) is 12.6. The lowest BCUT2D eigenvalue weighted by Gasteiger charge is -2.18. The summed E-state index contributed by atoms with van der Waals surface area (Å²) in [5.41, 5.74) is 1.34. The van der Waals surface area contributed by atoms with Crippen LogP contribution in [0.3, 0.4) is 0 Å². The molecule has 0 aliphatic carbocycles. The van der Waals surface area contributed by atoms with Crippen molar-refractivity contribution in [2.24, 2.45) is 5.92 Å². The topological polar surface area (TPSA) is 41.0 Å². The van der Waals surface area contributed by atoms with Gasteiger partial charge in [-0.05, 0) is 23.1 Å². The van der Waals surface area contributed by atoms with Crippen molar-refractivity contribution >= 4 is 29.0 Å². The lowest BCUT2D eigenvalue weighted by Crippen LogP contribution is -2.28. The number of hydrogen-bond donors (Lipinski definition) is 1. The van der Waals surface area contributed by atoms with E-state index in [1.54, 1.807) is 6.07 Å². The molecule has 116 valence electrons. The number of benzene rings is 1. The molecule has 0 radical (unpaired) electrons. The van der Waals surface area contributed by atoms with Gasteiger partial charge in [-0.3, -0.25) is 4.90 Å². The van der Waals surface area contributed by atoms with Crippen LogP contribution in [0.1, 0.15) is 12.5 Å². The molecule has 1 N–H and O–H groups in total. The Hall–Kier alpha value is -1.36. The molecule has 1 aliphatic heterocycles. The maximum atomic E-state index is 5.92. The van der Waals surface area contributed by atoms with Crippen LogP contribution >= 0.6 is 23.2 Å². The summed E-state index contributed by atoms with van der Waals surface area (Å²) in [7, 11) is 0. The maximum absolute atomic E-state index is 5.92. The van der Waals surface area contributed by atoms with Gasteiger partial charge in [-0.25, -0.2) is 9.97 Å². The zero-order chi connectivity index (χ0) is 15.5. The number of hydrogen-bond acceptors (Lipinski definition) is 4. The first kappa shape index (κ1) is 15.5. The summed E-state index contributed by atoms with van der Waals surface area (Å²) >= 11 is 11.8. The average Bonchev–Trinajstić information content (AvgIpc) is 2.78. The molecule has 2 aromatic rings. The summed E-state index contributed by atoms with van der Waals surface area (Å²) in [6.45, 7) is 5.23. The molecule has 6 heteroatoms. The largest absolute Gasteiger partial charge is 0.366 e. The van der Waals surface area contributed by atoms with E-state index in [2.05, 4.69) is 51.4 Å². The number of aromatic nitrogens is 2. The van der Waals surface area contributed by atoms with Crippen molar-refractivity contribution in [1.29, 1.82) is 0 Å². The van der Waals surface area contributed by atoms with Crippen LogP contribution in [0.25, 0.3) is 0 Å². The van der Waals surface area contributed by atoms with Crippen molar-refractivity contribution < 1.29 is 0 Å². The van der Waals surface area contributed by atoms with Crippen LogP contribution in [0, 0.1) is 5.92 Å². The van der Waals surface area contributed by atoms with Crippen LogP contribution in [0.4, 0.5) is 5.82 Å². The minimum atomic E-state index is 0.168. The van der Waals surface area contributed by atoms with E-state index >= 15 is 0 Å². The monoisotopic (exact) mass is 336 g/mol. The third-order valence-corrected chi connectivity index (χ3v) is 4.30. The fourth-order valence-electron chi connectivity index (χ4n) is 2.88. The molecule has 4 nitrogen and oxygen atoms in total. The van der Waals surface area contributed by atoms with Gasteiger partial charge in [0.2, 0.25) is 5.28 Å². The van der Waals surface area contributed by atoms with Gasteiger partial charge >= 0.3 is 0 Å². The van der Waals surface area contributed by atoms with Gasteiger partial charge in [0.25, 0.3) is 0 Å². The Bertz CT molecular complexity index is 615. The van der Waals surface area contributed by atoms with Crippen LogP contribution in [-0.4, -0.2) is 34.0 Å². The second-order valence-electron chi connectivity index (χ2n) is 5.75. The van der Waals surface area contributed by atoms with E-state index in [-0.39, 0.29) is 5.28 Å². The molecule has 3 rings (SSSR count). The predicted octanol–water partition coefficient (Wildman–Crippen LogP) is 3.72. The molecule has 1 aromatic carbocycles. The molecule has 1 saturated heterocycles. The quantitative estimate of drug-likeness (QED) is 0.682.